The molecule has 2 aliphatic rings. The molecule has 338 valence electrons. The number of hydrogen-bond donors (Lipinski definition) is 7. The van der Waals surface area contributed by atoms with E-state index in [1.54, 1.807) is 0 Å². The molecule has 0 bridgehead atoms. The molecule has 2 aliphatic heterocycles. The summed E-state index contributed by atoms with van der Waals surface area (Å²) >= 11 is 0. The zero-order chi connectivity index (χ0) is 41.7. The first-order valence-corrected chi connectivity index (χ1v) is 22.6. The molecule has 0 spiro atoms. The van der Waals surface area contributed by atoms with E-state index in [9.17, 15) is 40.5 Å². The van der Waals surface area contributed by atoms with Gasteiger partial charge in [-0.25, -0.2) is 0 Å². The largest absolute Gasteiger partial charge is 0.457 e. The number of aliphatic hydroxyl groups is 7. The molecular weight excluding hydrogens is 740 g/mol. The molecule has 0 aliphatic carbocycles. The van der Waals surface area contributed by atoms with Crippen molar-refractivity contribution in [3.63, 3.8) is 0 Å². The highest BCUT2D eigenvalue weighted by Crippen LogP contribution is 2.26. The molecule has 14 nitrogen and oxygen atoms in total. The molecule has 0 saturated carbocycles. The molecule has 0 aromatic carbocycles. The summed E-state index contributed by atoms with van der Waals surface area (Å²) in [4.78, 5) is 12.9. The fourth-order valence-electron chi connectivity index (χ4n) is 7.34. The number of carbonyl (C=O) groups excluding carboxylic acids is 1. The Morgan fingerprint density at radius 3 is 1.42 bits per heavy atom. The fraction of sp³-hybridized carbons (Fsp3) is 0.977. The summed E-state index contributed by atoms with van der Waals surface area (Å²) < 4.78 is 34.0. The van der Waals surface area contributed by atoms with E-state index in [4.69, 9.17) is 28.4 Å². The lowest BCUT2D eigenvalue weighted by atomic mass is 9.98. The zero-order valence-electron chi connectivity index (χ0n) is 35.3. The summed E-state index contributed by atoms with van der Waals surface area (Å²) in [5.74, 6) is -0.375. The minimum absolute atomic E-state index is 0.0676. The maximum Gasteiger partial charge on any atom is 0.306 e. The second-order valence-corrected chi connectivity index (χ2v) is 16.2. The van der Waals surface area contributed by atoms with Crippen LogP contribution < -0.4 is 0 Å². The molecule has 2 saturated heterocycles. The van der Waals surface area contributed by atoms with Crippen molar-refractivity contribution < 1.29 is 69.0 Å². The molecule has 2 heterocycles. The van der Waals surface area contributed by atoms with Gasteiger partial charge in [-0.1, -0.05) is 149 Å². The molecule has 2 rings (SSSR count). The fourth-order valence-corrected chi connectivity index (χ4v) is 7.34. The number of esters is 1. The highest BCUT2D eigenvalue weighted by atomic mass is 16.7. The Hall–Kier alpha value is -1.01. The van der Waals surface area contributed by atoms with Crippen LogP contribution in [0.2, 0.25) is 0 Å². The molecule has 0 aromatic heterocycles. The molecular formula is C43H82O14. The summed E-state index contributed by atoms with van der Waals surface area (Å²) in [7, 11) is 0. The van der Waals surface area contributed by atoms with Gasteiger partial charge in [0.25, 0.3) is 0 Å². The van der Waals surface area contributed by atoms with Gasteiger partial charge in [0.05, 0.1) is 26.4 Å². The van der Waals surface area contributed by atoms with Gasteiger partial charge in [-0.3, -0.25) is 4.79 Å². The van der Waals surface area contributed by atoms with Crippen molar-refractivity contribution in [2.24, 2.45) is 0 Å². The van der Waals surface area contributed by atoms with Crippen LogP contribution in [-0.4, -0.2) is 142 Å². The van der Waals surface area contributed by atoms with E-state index in [0.717, 1.165) is 38.5 Å². The van der Waals surface area contributed by atoms with E-state index >= 15 is 0 Å². The summed E-state index contributed by atoms with van der Waals surface area (Å²) in [6.45, 7) is 3.66. The van der Waals surface area contributed by atoms with Crippen molar-refractivity contribution in [2.45, 2.75) is 235 Å². The van der Waals surface area contributed by atoms with Crippen LogP contribution in [0.3, 0.4) is 0 Å². The van der Waals surface area contributed by atoms with Gasteiger partial charge in [0.15, 0.2) is 12.6 Å². The topological polar surface area (TPSA) is 214 Å². The number of unbranched alkanes of at least 4 members (excludes halogenated alkanes) is 21. The van der Waals surface area contributed by atoms with E-state index in [2.05, 4.69) is 13.8 Å². The van der Waals surface area contributed by atoms with E-state index in [1.807, 2.05) is 0 Å². The molecule has 0 radical (unpaired) electrons. The predicted molar refractivity (Wildman–Crippen MR) is 215 cm³/mol. The van der Waals surface area contributed by atoms with Crippen molar-refractivity contribution in [1.82, 2.24) is 0 Å². The first-order valence-electron chi connectivity index (χ1n) is 22.6. The lowest BCUT2D eigenvalue weighted by molar-refractivity contribution is -0.332. The Morgan fingerprint density at radius 2 is 0.930 bits per heavy atom. The molecule has 14 heteroatoms. The van der Waals surface area contributed by atoms with Gasteiger partial charge >= 0.3 is 5.97 Å². The molecule has 11 atom stereocenters. The summed E-state index contributed by atoms with van der Waals surface area (Å²) in [5.41, 5.74) is 0. The summed E-state index contributed by atoms with van der Waals surface area (Å²) in [6.07, 6.45) is 11.9. The van der Waals surface area contributed by atoms with Crippen LogP contribution in [0.25, 0.3) is 0 Å². The third kappa shape index (κ3) is 21.9. The number of ether oxygens (including phenoxy) is 6. The van der Waals surface area contributed by atoms with Gasteiger partial charge < -0.3 is 64.2 Å². The van der Waals surface area contributed by atoms with Crippen LogP contribution in [0.5, 0.6) is 0 Å². The average Bonchev–Trinajstić information content (AvgIpc) is 3.20. The normalized spacial score (nSPS) is 28.4. The van der Waals surface area contributed by atoms with Crippen LogP contribution in [0.15, 0.2) is 0 Å². The SMILES string of the molecule is CCCCCCCCCCCCCCCCCCC(=O)OC(COCCCCCCCCC)COC1OC(COC2OC(CO)C(O)C(O)C2O)C(O)C(O)C1O. The van der Waals surface area contributed by atoms with Gasteiger partial charge in [-0.2, -0.15) is 0 Å². The lowest BCUT2D eigenvalue weighted by Gasteiger charge is -2.42. The van der Waals surface area contributed by atoms with E-state index in [0.29, 0.717) is 13.0 Å². The van der Waals surface area contributed by atoms with Gasteiger partial charge in [0, 0.05) is 13.0 Å². The van der Waals surface area contributed by atoms with Gasteiger partial charge in [0.1, 0.15) is 54.9 Å². The second-order valence-electron chi connectivity index (χ2n) is 16.2. The van der Waals surface area contributed by atoms with E-state index < -0.39 is 80.7 Å². The molecule has 0 aromatic rings. The second kappa shape index (κ2) is 32.7. The summed E-state index contributed by atoms with van der Waals surface area (Å²) in [6, 6.07) is 0. The Labute approximate surface area is 342 Å². The van der Waals surface area contributed by atoms with Gasteiger partial charge in [-0.05, 0) is 12.8 Å². The maximum atomic E-state index is 12.9. The standard InChI is InChI=1S/C43H82O14/c1-3-5-7-9-11-12-13-14-15-16-17-18-19-20-22-24-26-35(45)55-32(29-52-27-25-23-21-10-8-6-4-2)30-53-42-41(51)39(49)37(47)34(57-42)31-54-43-40(50)38(48)36(46)33(28-44)56-43/h32-34,36-44,46-51H,3-31H2,1-2H3. The third-order valence-electron chi connectivity index (χ3n) is 11.1. The number of hydrogen-bond acceptors (Lipinski definition) is 14. The minimum atomic E-state index is -1.70. The van der Waals surface area contributed by atoms with E-state index in [-0.39, 0.29) is 25.6 Å². The van der Waals surface area contributed by atoms with Crippen molar-refractivity contribution in [2.75, 3.05) is 33.0 Å². The monoisotopic (exact) mass is 823 g/mol. The van der Waals surface area contributed by atoms with Crippen LogP contribution in [0.1, 0.15) is 168 Å². The Kier molecular flexibility index (Phi) is 29.9. The quantitative estimate of drug-likeness (QED) is 0.0333. The van der Waals surface area contributed by atoms with Crippen molar-refractivity contribution in [3.8, 4) is 0 Å². The smallest absolute Gasteiger partial charge is 0.306 e. The van der Waals surface area contributed by atoms with Crippen molar-refractivity contribution in [3.05, 3.63) is 0 Å². The molecule has 11 unspecified atom stereocenters. The summed E-state index contributed by atoms with van der Waals surface area (Å²) in [5, 5.41) is 71.7. The Bertz CT molecular complexity index is 959. The van der Waals surface area contributed by atoms with Crippen molar-refractivity contribution >= 4 is 5.97 Å². The first-order chi connectivity index (χ1) is 27.6. The maximum absolute atomic E-state index is 12.9. The molecule has 2 fully saturated rings. The predicted octanol–water partition coefficient (Wildman–Crippen LogP) is 4.96. The Balaban J connectivity index is 1.77. The van der Waals surface area contributed by atoms with Crippen LogP contribution in [-0.2, 0) is 33.2 Å². The van der Waals surface area contributed by atoms with Crippen LogP contribution >= 0.6 is 0 Å². The molecule has 7 N–H and O–H groups in total. The molecule has 0 amide bonds. The highest BCUT2D eigenvalue weighted by molar-refractivity contribution is 5.69. The zero-order valence-corrected chi connectivity index (χ0v) is 35.3. The first kappa shape index (κ1) is 52.1. The minimum Gasteiger partial charge on any atom is -0.457 e. The average molecular weight is 823 g/mol. The van der Waals surface area contributed by atoms with Gasteiger partial charge in [-0.15, -0.1) is 0 Å². The van der Waals surface area contributed by atoms with Crippen molar-refractivity contribution in [1.29, 1.82) is 0 Å². The molecule has 57 heavy (non-hydrogen) atoms. The van der Waals surface area contributed by atoms with Crippen LogP contribution in [0, 0.1) is 0 Å². The highest BCUT2D eigenvalue weighted by Gasteiger charge is 2.47. The lowest BCUT2D eigenvalue weighted by Crippen LogP contribution is -2.61. The number of aliphatic hydroxyl groups excluding tert-OH is 7. The third-order valence-corrected chi connectivity index (χ3v) is 11.1. The number of rotatable bonds is 35. The Morgan fingerprint density at radius 1 is 0.509 bits per heavy atom. The van der Waals surface area contributed by atoms with E-state index in [1.165, 1.54) is 103 Å². The van der Waals surface area contributed by atoms with Crippen LogP contribution in [0.4, 0.5) is 0 Å². The number of carbonyl (C=O) groups is 1. The van der Waals surface area contributed by atoms with Gasteiger partial charge in [0.2, 0.25) is 0 Å².